The molecule has 7 heteroatoms. The number of Topliss-reactive ketones (excluding diaryl/α,β-unsaturated/α-hetero) is 1. The molecule has 0 spiro atoms. The molecule has 0 bridgehead atoms. The third kappa shape index (κ3) is 4.62. The van der Waals surface area contributed by atoms with Crippen LogP contribution in [0.25, 0.3) is 10.9 Å². The molecule has 0 aliphatic rings. The van der Waals surface area contributed by atoms with Crippen molar-refractivity contribution in [3.8, 4) is 0 Å². The van der Waals surface area contributed by atoms with Crippen molar-refractivity contribution in [1.29, 1.82) is 0 Å². The quantitative estimate of drug-likeness (QED) is 0.339. The van der Waals surface area contributed by atoms with E-state index in [4.69, 9.17) is 0 Å². The number of thioether (sulfide) groups is 1. The summed E-state index contributed by atoms with van der Waals surface area (Å²) in [6, 6.07) is 14.0. The summed E-state index contributed by atoms with van der Waals surface area (Å²) in [5.41, 5.74) is 1.62. The number of nitrogens with one attached hydrogen (secondary N) is 1. The molecule has 156 valence electrons. The van der Waals surface area contributed by atoms with Crippen LogP contribution in [0.3, 0.4) is 0 Å². The second kappa shape index (κ2) is 9.26. The maximum Gasteiger partial charge on any atom is 0.262 e. The molecule has 30 heavy (non-hydrogen) atoms. The number of nitrogens with zero attached hydrogens (tertiary/aromatic N) is 2. The van der Waals surface area contributed by atoms with Crippen molar-refractivity contribution >= 4 is 40.0 Å². The van der Waals surface area contributed by atoms with E-state index in [0.29, 0.717) is 27.3 Å². The summed E-state index contributed by atoms with van der Waals surface area (Å²) in [6.45, 7) is 7.24. The molecule has 3 rings (SSSR count). The van der Waals surface area contributed by atoms with Crippen LogP contribution in [-0.2, 0) is 4.79 Å². The number of carbonyl (C=O) groups excluding carboxylic acids is 2. The number of hydrogen-bond acceptors (Lipinski definition) is 5. The number of para-hydroxylation sites is 1. The minimum atomic E-state index is -0.491. The lowest BCUT2D eigenvalue weighted by molar-refractivity contribution is -0.115. The maximum absolute atomic E-state index is 13.1. The summed E-state index contributed by atoms with van der Waals surface area (Å²) in [6.07, 6.45) is 0.770. The van der Waals surface area contributed by atoms with Crippen LogP contribution >= 0.6 is 11.8 Å². The highest BCUT2D eigenvalue weighted by atomic mass is 32.2. The molecule has 1 aromatic heterocycles. The van der Waals surface area contributed by atoms with E-state index in [0.717, 1.165) is 6.42 Å². The second-order valence-corrected chi connectivity index (χ2v) is 8.54. The summed E-state index contributed by atoms with van der Waals surface area (Å²) in [4.78, 5) is 42.1. The van der Waals surface area contributed by atoms with Gasteiger partial charge in [-0.25, -0.2) is 4.98 Å². The molecule has 3 aromatic rings. The normalized spacial score (nSPS) is 13.1. The first-order valence-electron chi connectivity index (χ1n) is 9.91. The highest BCUT2D eigenvalue weighted by Crippen LogP contribution is 2.26. The molecule has 0 aliphatic carbocycles. The molecule has 0 radical (unpaired) electrons. The minimum absolute atomic E-state index is 0.0420. The van der Waals surface area contributed by atoms with Crippen LogP contribution in [0.5, 0.6) is 0 Å². The van der Waals surface area contributed by atoms with Gasteiger partial charge in [0.1, 0.15) is 0 Å². The molecule has 1 N–H and O–H groups in total. The second-order valence-electron chi connectivity index (χ2n) is 7.23. The number of carbonyl (C=O) groups is 2. The summed E-state index contributed by atoms with van der Waals surface area (Å²) in [7, 11) is 0. The van der Waals surface area contributed by atoms with Gasteiger partial charge in [-0.15, -0.1) is 0 Å². The number of fused-ring (bicyclic) bond motifs is 1. The zero-order valence-electron chi connectivity index (χ0n) is 17.5. The molecule has 1 amide bonds. The van der Waals surface area contributed by atoms with Gasteiger partial charge in [0.2, 0.25) is 5.91 Å². The molecular formula is C23H25N3O3S. The van der Waals surface area contributed by atoms with E-state index >= 15 is 0 Å². The van der Waals surface area contributed by atoms with Crippen LogP contribution in [0.1, 0.15) is 50.5 Å². The zero-order chi connectivity index (χ0) is 21.8. The summed E-state index contributed by atoms with van der Waals surface area (Å²) in [5.74, 6) is -0.287. The number of amides is 1. The highest BCUT2D eigenvalue weighted by Gasteiger charge is 2.21. The van der Waals surface area contributed by atoms with Crippen molar-refractivity contribution in [3.05, 3.63) is 64.4 Å². The third-order valence-corrected chi connectivity index (χ3v) is 6.06. The Hall–Kier alpha value is -2.93. The van der Waals surface area contributed by atoms with Crippen molar-refractivity contribution in [1.82, 2.24) is 9.55 Å². The molecule has 1 heterocycles. The first-order chi connectivity index (χ1) is 14.3. The average molecular weight is 424 g/mol. The Bertz CT molecular complexity index is 1160. The Morgan fingerprint density at radius 2 is 1.87 bits per heavy atom. The van der Waals surface area contributed by atoms with Crippen LogP contribution in [0.2, 0.25) is 0 Å². The predicted molar refractivity (Wildman–Crippen MR) is 121 cm³/mol. The monoisotopic (exact) mass is 423 g/mol. The van der Waals surface area contributed by atoms with Crippen molar-refractivity contribution < 1.29 is 9.59 Å². The lowest BCUT2D eigenvalue weighted by atomic mass is 10.1. The molecule has 2 aromatic carbocycles. The lowest BCUT2D eigenvalue weighted by Crippen LogP contribution is -2.28. The SMILES string of the molecule is CC[C@@H](C)n1c(S[C@H](C)C(=O)Nc2cccc(C(C)=O)c2)nc2ccccc2c1=O. The van der Waals surface area contributed by atoms with Gasteiger partial charge in [0, 0.05) is 17.3 Å². The minimum Gasteiger partial charge on any atom is -0.325 e. The summed E-state index contributed by atoms with van der Waals surface area (Å²) < 4.78 is 1.67. The van der Waals surface area contributed by atoms with Crippen molar-refractivity contribution in [2.45, 2.75) is 50.6 Å². The number of ketones is 1. The van der Waals surface area contributed by atoms with Gasteiger partial charge in [-0.05, 0) is 51.5 Å². The molecule has 0 aliphatic heterocycles. The Morgan fingerprint density at radius 3 is 2.57 bits per heavy atom. The van der Waals surface area contributed by atoms with Crippen molar-refractivity contribution in [3.63, 3.8) is 0 Å². The van der Waals surface area contributed by atoms with Crippen molar-refractivity contribution in [2.75, 3.05) is 5.32 Å². The number of benzene rings is 2. The van der Waals surface area contributed by atoms with Gasteiger partial charge in [0.05, 0.1) is 16.2 Å². The van der Waals surface area contributed by atoms with Gasteiger partial charge in [-0.3, -0.25) is 19.0 Å². The van der Waals surface area contributed by atoms with E-state index in [1.807, 2.05) is 26.0 Å². The average Bonchev–Trinajstić information content (AvgIpc) is 2.73. The van der Waals surface area contributed by atoms with Crippen molar-refractivity contribution in [2.24, 2.45) is 0 Å². The van der Waals surface area contributed by atoms with E-state index in [9.17, 15) is 14.4 Å². The molecule has 6 nitrogen and oxygen atoms in total. The summed E-state index contributed by atoms with van der Waals surface area (Å²) >= 11 is 1.25. The van der Waals surface area contributed by atoms with E-state index in [-0.39, 0.29) is 23.3 Å². The Morgan fingerprint density at radius 1 is 1.13 bits per heavy atom. The Labute approximate surface area is 179 Å². The number of hydrogen-bond donors (Lipinski definition) is 1. The fraction of sp³-hybridized carbons (Fsp3) is 0.304. The molecule has 0 saturated carbocycles. The van der Waals surface area contributed by atoms with Crippen LogP contribution in [0.15, 0.2) is 58.5 Å². The van der Waals surface area contributed by atoms with Crippen LogP contribution in [-0.4, -0.2) is 26.5 Å². The van der Waals surface area contributed by atoms with Crippen LogP contribution in [0, 0.1) is 0 Å². The fourth-order valence-corrected chi connectivity index (χ4v) is 4.06. The van der Waals surface area contributed by atoms with E-state index in [2.05, 4.69) is 10.3 Å². The highest BCUT2D eigenvalue weighted by molar-refractivity contribution is 8.00. The maximum atomic E-state index is 13.1. The van der Waals surface area contributed by atoms with Gasteiger partial charge in [0.25, 0.3) is 5.56 Å². The lowest BCUT2D eigenvalue weighted by Gasteiger charge is -2.20. The predicted octanol–water partition coefficient (Wildman–Crippen LogP) is 4.69. The standard InChI is InChI=1S/C23H25N3O3S/c1-5-14(2)26-22(29)19-11-6-7-12-20(19)25-23(26)30-16(4)21(28)24-18-10-8-9-17(13-18)15(3)27/h6-14,16H,5H2,1-4H3,(H,24,28)/t14-,16-/m1/s1. The molecule has 0 fully saturated rings. The Balaban J connectivity index is 1.89. The van der Waals surface area contributed by atoms with E-state index in [1.165, 1.54) is 18.7 Å². The van der Waals surface area contributed by atoms with Gasteiger partial charge < -0.3 is 5.32 Å². The molecular weight excluding hydrogens is 398 g/mol. The van der Waals surface area contributed by atoms with E-state index < -0.39 is 5.25 Å². The Kier molecular flexibility index (Phi) is 6.72. The first-order valence-corrected chi connectivity index (χ1v) is 10.8. The first kappa shape index (κ1) is 21.8. The molecule has 2 atom stereocenters. The van der Waals surface area contributed by atoms with Gasteiger partial charge >= 0.3 is 0 Å². The largest absolute Gasteiger partial charge is 0.325 e. The van der Waals surface area contributed by atoms with Crippen LogP contribution in [0.4, 0.5) is 5.69 Å². The van der Waals surface area contributed by atoms with Gasteiger partial charge in [-0.2, -0.15) is 0 Å². The topological polar surface area (TPSA) is 81.1 Å². The zero-order valence-corrected chi connectivity index (χ0v) is 18.3. The molecule has 0 unspecified atom stereocenters. The van der Waals surface area contributed by atoms with Crippen LogP contribution < -0.4 is 10.9 Å². The number of aromatic nitrogens is 2. The number of anilines is 1. The van der Waals surface area contributed by atoms with Gasteiger partial charge in [-0.1, -0.05) is 43.0 Å². The third-order valence-electron chi connectivity index (χ3n) is 5.00. The fourth-order valence-electron chi connectivity index (χ4n) is 3.05. The summed E-state index contributed by atoms with van der Waals surface area (Å²) in [5, 5.41) is 3.44. The van der Waals surface area contributed by atoms with E-state index in [1.54, 1.807) is 47.9 Å². The van der Waals surface area contributed by atoms with Gasteiger partial charge in [0.15, 0.2) is 10.9 Å². The number of rotatable bonds is 7. The molecule has 0 saturated heterocycles. The smallest absolute Gasteiger partial charge is 0.262 e.